The third kappa shape index (κ3) is 7.04. The van der Waals surface area contributed by atoms with Crippen LogP contribution in [0.4, 0.5) is 10.1 Å². The Morgan fingerprint density at radius 2 is 2.04 bits per heavy atom. The first-order chi connectivity index (χ1) is 12.6. The number of benzene rings is 1. The van der Waals surface area contributed by atoms with Crippen LogP contribution in [0.3, 0.4) is 0 Å². The van der Waals surface area contributed by atoms with E-state index in [-0.39, 0.29) is 5.82 Å². The molecular weight excluding hydrogens is 357 g/mol. The lowest BCUT2D eigenvalue weighted by Crippen LogP contribution is -1.97. The Hall–Kier alpha value is -2.70. The van der Waals surface area contributed by atoms with E-state index in [9.17, 15) is 9.18 Å². The van der Waals surface area contributed by atoms with Crippen LogP contribution in [-0.2, 0) is 6.54 Å². The number of aliphatic hydroxyl groups excluding tert-OH is 1. The summed E-state index contributed by atoms with van der Waals surface area (Å²) >= 11 is 5.95. The molecule has 2 heterocycles. The van der Waals surface area contributed by atoms with Crippen LogP contribution >= 0.6 is 11.6 Å². The molecule has 3 aromatic rings. The molecule has 0 unspecified atom stereocenters. The van der Waals surface area contributed by atoms with Crippen molar-refractivity contribution in [1.29, 1.82) is 0 Å². The highest BCUT2D eigenvalue weighted by molar-refractivity contribution is 6.31. The molecule has 0 aliphatic carbocycles. The van der Waals surface area contributed by atoms with Crippen molar-refractivity contribution in [2.45, 2.75) is 6.54 Å². The predicted octanol–water partition coefficient (Wildman–Crippen LogP) is 3.87. The summed E-state index contributed by atoms with van der Waals surface area (Å²) in [5.74, 6) is -0.308. The Morgan fingerprint density at radius 3 is 2.54 bits per heavy atom. The number of halogens is 2. The highest BCUT2D eigenvalue weighted by Gasteiger charge is 2.03. The fourth-order valence-corrected chi connectivity index (χ4v) is 2.21. The molecule has 7 heteroatoms. The number of aromatic nitrogens is 2. The van der Waals surface area contributed by atoms with Gasteiger partial charge in [-0.15, -0.1) is 0 Å². The number of nitrogens with zero attached hydrogens (tertiary/aromatic N) is 2. The molecule has 26 heavy (non-hydrogen) atoms. The third-order valence-electron chi connectivity index (χ3n) is 3.22. The number of nitrogens with one attached hydrogen (secondary N) is 1. The van der Waals surface area contributed by atoms with Crippen LogP contribution < -0.4 is 5.32 Å². The van der Waals surface area contributed by atoms with E-state index in [2.05, 4.69) is 10.3 Å². The van der Waals surface area contributed by atoms with E-state index in [0.717, 1.165) is 24.6 Å². The minimum absolute atomic E-state index is 0.308. The lowest BCUT2D eigenvalue weighted by Gasteiger charge is -2.05. The summed E-state index contributed by atoms with van der Waals surface area (Å²) in [5, 5.41) is 10.5. The molecule has 2 aromatic heterocycles. The van der Waals surface area contributed by atoms with Gasteiger partial charge in [0.05, 0.1) is 5.69 Å². The normalized spacial score (nSPS) is 9.27. The zero-order valence-corrected chi connectivity index (χ0v) is 15.3. The first-order valence-electron chi connectivity index (χ1n) is 7.70. The second-order valence-electron chi connectivity index (χ2n) is 4.93. The van der Waals surface area contributed by atoms with Gasteiger partial charge in [0.15, 0.2) is 6.29 Å². The van der Waals surface area contributed by atoms with Crippen molar-refractivity contribution in [2.24, 2.45) is 0 Å². The molecular formula is C19H21ClFN3O2. The van der Waals surface area contributed by atoms with Gasteiger partial charge in [-0.2, -0.15) is 0 Å². The predicted molar refractivity (Wildman–Crippen MR) is 102 cm³/mol. The maximum atomic E-state index is 12.8. The van der Waals surface area contributed by atoms with Crippen LogP contribution in [0.25, 0.3) is 0 Å². The zero-order chi connectivity index (χ0) is 19.4. The molecule has 0 amide bonds. The first-order valence-corrected chi connectivity index (χ1v) is 8.08. The van der Waals surface area contributed by atoms with Gasteiger partial charge in [0.2, 0.25) is 0 Å². The van der Waals surface area contributed by atoms with E-state index < -0.39 is 0 Å². The minimum atomic E-state index is -0.308. The standard InChI is InChI=1S/C12H12ClFN2.C6H5NO.CH4O/c1-15-11-4-5-16(8-11)7-9-2-3-10(14)6-12(9)13;8-5-6-3-1-2-4-7-6;1-2/h2-6,8,15H,7H2,1H3;1-5H;2H,1H3. The van der Waals surface area contributed by atoms with E-state index in [0.29, 0.717) is 17.3 Å². The number of carbonyl (C=O) groups excluding carboxylic acids is 1. The van der Waals surface area contributed by atoms with Crippen molar-refractivity contribution in [3.8, 4) is 0 Å². The molecule has 0 radical (unpaired) electrons. The van der Waals surface area contributed by atoms with Crippen molar-refractivity contribution < 1.29 is 14.3 Å². The Morgan fingerprint density at radius 1 is 1.27 bits per heavy atom. The van der Waals surface area contributed by atoms with Gasteiger partial charge in [-0.25, -0.2) is 4.39 Å². The van der Waals surface area contributed by atoms with Crippen molar-refractivity contribution in [2.75, 3.05) is 19.5 Å². The van der Waals surface area contributed by atoms with Crippen LogP contribution in [0.5, 0.6) is 0 Å². The van der Waals surface area contributed by atoms with Crippen LogP contribution in [0.15, 0.2) is 61.1 Å². The topological polar surface area (TPSA) is 67.2 Å². The SMILES string of the molecule is CNc1ccn(Cc2ccc(F)cc2Cl)c1.CO.O=Cc1ccccn1. The second-order valence-corrected chi connectivity index (χ2v) is 5.34. The fraction of sp³-hybridized carbons (Fsp3) is 0.158. The zero-order valence-electron chi connectivity index (χ0n) is 14.6. The van der Waals surface area contributed by atoms with Gasteiger partial charge < -0.3 is 15.0 Å². The molecule has 0 spiro atoms. The molecule has 3 rings (SSSR count). The van der Waals surface area contributed by atoms with Gasteiger partial charge in [0.25, 0.3) is 0 Å². The van der Waals surface area contributed by atoms with Crippen molar-refractivity contribution in [3.63, 3.8) is 0 Å². The van der Waals surface area contributed by atoms with Gasteiger partial charge >= 0.3 is 0 Å². The van der Waals surface area contributed by atoms with Gasteiger partial charge in [-0.05, 0) is 35.9 Å². The van der Waals surface area contributed by atoms with Crippen LogP contribution in [0.2, 0.25) is 5.02 Å². The number of aldehydes is 1. The van der Waals surface area contributed by atoms with Gasteiger partial charge in [-0.1, -0.05) is 23.7 Å². The quantitative estimate of drug-likeness (QED) is 0.677. The van der Waals surface area contributed by atoms with Crippen molar-refractivity contribution in [3.05, 3.63) is 83.2 Å². The molecule has 2 N–H and O–H groups in total. The molecule has 0 aliphatic heterocycles. The molecule has 0 fully saturated rings. The number of hydrogen-bond acceptors (Lipinski definition) is 4. The number of pyridine rings is 1. The highest BCUT2D eigenvalue weighted by Crippen LogP contribution is 2.19. The van der Waals surface area contributed by atoms with Crippen molar-refractivity contribution >= 4 is 23.6 Å². The molecule has 1 aromatic carbocycles. The monoisotopic (exact) mass is 377 g/mol. The summed E-state index contributed by atoms with van der Waals surface area (Å²) in [6.45, 7) is 0.640. The third-order valence-corrected chi connectivity index (χ3v) is 3.57. The number of hydrogen-bond donors (Lipinski definition) is 2. The summed E-state index contributed by atoms with van der Waals surface area (Å²) < 4.78 is 14.8. The second kappa shape index (κ2) is 11.8. The smallest absolute Gasteiger partial charge is 0.168 e. The Kier molecular flexibility index (Phi) is 9.67. The van der Waals surface area contributed by atoms with Crippen LogP contribution in [0, 0.1) is 5.82 Å². The van der Waals surface area contributed by atoms with Crippen LogP contribution in [-0.4, -0.2) is 35.1 Å². The van der Waals surface area contributed by atoms with E-state index in [1.807, 2.05) is 30.1 Å². The fourth-order valence-electron chi connectivity index (χ4n) is 1.98. The summed E-state index contributed by atoms with van der Waals surface area (Å²) in [4.78, 5) is 13.7. The highest BCUT2D eigenvalue weighted by atomic mass is 35.5. The lowest BCUT2D eigenvalue weighted by molar-refractivity contribution is 0.111. The maximum Gasteiger partial charge on any atom is 0.168 e. The largest absolute Gasteiger partial charge is 0.400 e. The number of aliphatic hydroxyl groups is 1. The van der Waals surface area contributed by atoms with Gasteiger partial charge in [0, 0.05) is 44.3 Å². The molecule has 138 valence electrons. The van der Waals surface area contributed by atoms with E-state index in [1.54, 1.807) is 30.5 Å². The summed E-state index contributed by atoms with van der Waals surface area (Å²) in [5.41, 5.74) is 2.42. The molecule has 0 aliphatic rings. The number of rotatable bonds is 4. The molecule has 0 saturated carbocycles. The average molecular weight is 378 g/mol. The van der Waals surface area contributed by atoms with Gasteiger partial charge in [-0.3, -0.25) is 9.78 Å². The van der Waals surface area contributed by atoms with E-state index in [1.165, 1.54) is 12.1 Å². The Labute approximate surface area is 157 Å². The minimum Gasteiger partial charge on any atom is -0.400 e. The Bertz CT molecular complexity index is 794. The van der Waals surface area contributed by atoms with Crippen LogP contribution in [0.1, 0.15) is 16.1 Å². The van der Waals surface area contributed by atoms with Crippen molar-refractivity contribution in [1.82, 2.24) is 9.55 Å². The van der Waals surface area contributed by atoms with Gasteiger partial charge in [0.1, 0.15) is 11.5 Å². The molecule has 5 nitrogen and oxygen atoms in total. The van der Waals surface area contributed by atoms with E-state index in [4.69, 9.17) is 16.7 Å². The summed E-state index contributed by atoms with van der Waals surface area (Å²) in [7, 11) is 2.87. The average Bonchev–Trinajstić information content (AvgIpc) is 3.14. The maximum absolute atomic E-state index is 12.8. The molecule has 0 bridgehead atoms. The molecule has 0 saturated heterocycles. The molecule has 0 atom stereocenters. The number of anilines is 1. The lowest BCUT2D eigenvalue weighted by atomic mass is 10.2. The van der Waals surface area contributed by atoms with E-state index >= 15 is 0 Å². The first kappa shape index (κ1) is 21.3. The number of carbonyl (C=O) groups is 1. The summed E-state index contributed by atoms with van der Waals surface area (Å²) in [6.07, 6.45) is 6.23. The Balaban J connectivity index is 0.000000284. The summed E-state index contributed by atoms with van der Waals surface area (Å²) in [6, 6.07) is 11.6.